The molecule has 6 heteroatoms. The number of hydrogen-bond donors (Lipinski definition) is 0. The van der Waals surface area contributed by atoms with Gasteiger partial charge in [-0.3, -0.25) is 9.59 Å². The summed E-state index contributed by atoms with van der Waals surface area (Å²) < 4.78 is 25.8. The lowest BCUT2D eigenvalue weighted by Gasteiger charge is -2.23. The highest BCUT2D eigenvalue weighted by molar-refractivity contribution is 7.91. The Hall–Kier alpha value is -2.73. The molecule has 1 aliphatic heterocycles. The normalized spacial score (nSPS) is 19.9. The minimum absolute atomic E-state index is 0.165. The third-order valence-corrected chi connectivity index (χ3v) is 6.61. The Balaban J connectivity index is 2.03. The second kappa shape index (κ2) is 6.78. The SMILES string of the molecule is CC(=O)N1C(=O)C(C)(CS(=O)(=O)c2ccc(C)cc2)C=C1c1ccccc1. The Morgan fingerprint density at radius 1 is 1.04 bits per heavy atom. The highest BCUT2D eigenvalue weighted by Crippen LogP contribution is 2.39. The molecular formula is C21H21NO4S. The van der Waals surface area contributed by atoms with Crippen LogP contribution >= 0.6 is 0 Å². The van der Waals surface area contributed by atoms with Gasteiger partial charge in [0.1, 0.15) is 0 Å². The van der Waals surface area contributed by atoms with Gasteiger partial charge in [0.15, 0.2) is 9.84 Å². The Labute approximate surface area is 159 Å². The number of hydrogen-bond acceptors (Lipinski definition) is 4. The number of aryl methyl sites for hydroxylation is 1. The smallest absolute Gasteiger partial charge is 0.244 e. The van der Waals surface area contributed by atoms with Crippen LogP contribution in [0, 0.1) is 12.3 Å². The quantitative estimate of drug-likeness (QED) is 0.813. The van der Waals surface area contributed by atoms with E-state index in [1.165, 1.54) is 19.1 Å². The van der Waals surface area contributed by atoms with E-state index in [-0.39, 0.29) is 4.90 Å². The van der Waals surface area contributed by atoms with E-state index in [0.717, 1.165) is 10.5 Å². The van der Waals surface area contributed by atoms with Crippen LogP contribution in [-0.4, -0.2) is 30.9 Å². The molecule has 1 atom stereocenters. The summed E-state index contributed by atoms with van der Waals surface area (Å²) in [6.07, 6.45) is 1.60. The monoisotopic (exact) mass is 383 g/mol. The summed E-state index contributed by atoms with van der Waals surface area (Å²) in [4.78, 5) is 26.4. The first-order valence-corrected chi connectivity index (χ1v) is 10.2. The maximum absolute atomic E-state index is 13.0. The third-order valence-electron chi connectivity index (χ3n) is 4.64. The van der Waals surface area contributed by atoms with Gasteiger partial charge >= 0.3 is 0 Å². The number of rotatable bonds is 4. The van der Waals surface area contributed by atoms with Crippen molar-refractivity contribution in [2.75, 3.05) is 5.75 Å². The Morgan fingerprint density at radius 3 is 2.19 bits per heavy atom. The number of sulfone groups is 1. The fourth-order valence-corrected chi connectivity index (χ4v) is 4.97. The zero-order chi connectivity index (χ0) is 19.8. The molecule has 2 aromatic rings. The van der Waals surface area contributed by atoms with Crippen molar-refractivity contribution in [1.29, 1.82) is 0 Å². The van der Waals surface area contributed by atoms with Gasteiger partial charge in [-0.15, -0.1) is 0 Å². The van der Waals surface area contributed by atoms with Crippen molar-refractivity contribution in [3.8, 4) is 0 Å². The summed E-state index contributed by atoms with van der Waals surface area (Å²) in [7, 11) is -3.71. The van der Waals surface area contributed by atoms with Crippen molar-refractivity contribution in [3.63, 3.8) is 0 Å². The maximum atomic E-state index is 13.0. The highest BCUT2D eigenvalue weighted by atomic mass is 32.2. The summed E-state index contributed by atoms with van der Waals surface area (Å²) in [5.74, 6) is -1.36. The summed E-state index contributed by atoms with van der Waals surface area (Å²) in [5, 5.41) is 0. The van der Waals surface area contributed by atoms with Gasteiger partial charge in [0.2, 0.25) is 11.8 Å². The lowest BCUT2D eigenvalue weighted by atomic mass is 9.93. The molecule has 0 aromatic heterocycles. The molecule has 1 aliphatic rings. The van der Waals surface area contributed by atoms with Gasteiger partial charge in [0.25, 0.3) is 0 Å². The molecule has 1 unspecified atom stereocenters. The van der Waals surface area contributed by atoms with Crippen LogP contribution in [0.2, 0.25) is 0 Å². The van der Waals surface area contributed by atoms with Gasteiger partial charge in [0, 0.05) is 6.92 Å². The van der Waals surface area contributed by atoms with Gasteiger partial charge < -0.3 is 0 Å². The second-order valence-corrected chi connectivity index (χ2v) is 9.03. The molecule has 0 aliphatic carbocycles. The fraction of sp³-hybridized carbons (Fsp3) is 0.238. The fourth-order valence-electron chi connectivity index (χ4n) is 3.25. The maximum Gasteiger partial charge on any atom is 0.244 e. The van der Waals surface area contributed by atoms with Crippen LogP contribution in [0.25, 0.3) is 5.70 Å². The second-order valence-electron chi connectivity index (χ2n) is 7.04. The van der Waals surface area contributed by atoms with Crippen molar-refractivity contribution in [2.24, 2.45) is 5.41 Å². The van der Waals surface area contributed by atoms with Crippen LogP contribution in [0.5, 0.6) is 0 Å². The molecular weight excluding hydrogens is 362 g/mol. The van der Waals surface area contributed by atoms with Crippen molar-refractivity contribution in [3.05, 3.63) is 71.8 Å². The van der Waals surface area contributed by atoms with Crippen LogP contribution in [0.4, 0.5) is 0 Å². The van der Waals surface area contributed by atoms with E-state index in [0.29, 0.717) is 11.3 Å². The number of nitrogens with zero attached hydrogens (tertiary/aromatic N) is 1. The Bertz CT molecular complexity index is 1020. The standard InChI is InChI=1S/C21H21NO4S/c1-15-9-11-18(12-10-15)27(25,26)14-21(3)13-19(17-7-5-4-6-8-17)22(16(2)23)20(21)24/h4-13H,14H2,1-3H3. The molecule has 2 aromatic carbocycles. The van der Waals surface area contributed by atoms with E-state index in [1.807, 2.05) is 13.0 Å². The van der Waals surface area contributed by atoms with Crippen LogP contribution in [0.15, 0.2) is 65.6 Å². The zero-order valence-corrected chi connectivity index (χ0v) is 16.3. The average Bonchev–Trinajstić information content (AvgIpc) is 2.87. The lowest BCUT2D eigenvalue weighted by Crippen LogP contribution is -2.40. The highest BCUT2D eigenvalue weighted by Gasteiger charge is 2.47. The number of benzene rings is 2. The van der Waals surface area contributed by atoms with E-state index < -0.39 is 32.8 Å². The number of carbonyl (C=O) groups excluding carboxylic acids is 2. The minimum atomic E-state index is -3.71. The molecule has 27 heavy (non-hydrogen) atoms. The first-order valence-electron chi connectivity index (χ1n) is 8.57. The summed E-state index contributed by atoms with van der Waals surface area (Å²) in [5.41, 5.74) is 0.749. The molecule has 0 radical (unpaired) electrons. The Morgan fingerprint density at radius 2 is 1.63 bits per heavy atom. The zero-order valence-electron chi connectivity index (χ0n) is 15.5. The van der Waals surface area contributed by atoms with Crippen LogP contribution in [-0.2, 0) is 19.4 Å². The van der Waals surface area contributed by atoms with E-state index in [4.69, 9.17) is 0 Å². The molecule has 1 heterocycles. The Kier molecular flexibility index (Phi) is 4.78. The molecule has 0 bridgehead atoms. The largest absolute Gasteiger partial charge is 0.274 e. The van der Waals surface area contributed by atoms with Gasteiger partial charge in [-0.05, 0) is 37.6 Å². The molecule has 0 fully saturated rings. The molecule has 0 N–H and O–H groups in total. The molecule has 0 saturated heterocycles. The van der Waals surface area contributed by atoms with Crippen LogP contribution in [0.3, 0.4) is 0 Å². The average molecular weight is 383 g/mol. The topological polar surface area (TPSA) is 71.5 Å². The van der Waals surface area contributed by atoms with E-state index in [9.17, 15) is 18.0 Å². The first kappa shape index (κ1) is 19.0. The van der Waals surface area contributed by atoms with E-state index in [1.54, 1.807) is 49.4 Å². The molecule has 140 valence electrons. The first-order chi connectivity index (χ1) is 12.6. The van der Waals surface area contributed by atoms with Crippen LogP contribution in [0.1, 0.15) is 25.0 Å². The van der Waals surface area contributed by atoms with Crippen molar-refractivity contribution in [2.45, 2.75) is 25.7 Å². The molecule has 5 nitrogen and oxygen atoms in total. The number of carbonyl (C=O) groups is 2. The van der Waals surface area contributed by atoms with Crippen LogP contribution < -0.4 is 0 Å². The minimum Gasteiger partial charge on any atom is -0.274 e. The molecule has 0 saturated carbocycles. The van der Waals surface area contributed by atoms with Crippen molar-refractivity contribution in [1.82, 2.24) is 4.90 Å². The summed E-state index contributed by atoms with van der Waals surface area (Å²) in [6.45, 7) is 4.74. The predicted molar refractivity (Wildman–Crippen MR) is 103 cm³/mol. The predicted octanol–water partition coefficient (Wildman–Crippen LogP) is 3.20. The summed E-state index contributed by atoms with van der Waals surface area (Å²) >= 11 is 0. The molecule has 3 rings (SSSR count). The van der Waals surface area contributed by atoms with Gasteiger partial charge in [0.05, 0.1) is 21.8 Å². The lowest BCUT2D eigenvalue weighted by molar-refractivity contribution is -0.142. The number of imide groups is 1. The summed E-state index contributed by atoms with van der Waals surface area (Å²) in [6, 6.07) is 15.5. The van der Waals surface area contributed by atoms with Gasteiger partial charge in [-0.1, -0.05) is 48.0 Å². The van der Waals surface area contributed by atoms with Gasteiger partial charge in [-0.2, -0.15) is 0 Å². The van der Waals surface area contributed by atoms with E-state index >= 15 is 0 Å². The van der Waals surface area contributed by atoms with Crippen molar-refractivity contribution < 1.29 is 18.0 Å². The molecule has 0 spiro atoms. The van der Waals surface area contributed by atoms with E-state index in [2.05, 4.69) is 0 Å². The molecule has 2 amide bonds. The van der Waals surface area contributed by atoms with Gasteiger partial charge in [-0.25, -0.2) is 13.3 Å². The number of amides is 2. The third kappa shape index (κ3) is 3.57. The van der Waals surface area contributed by atoms with Crippen molar-refractivity contribution >= 4 is 27.3 Å².